The summed E-state index contributed by atoms with van der Waals surface area (Å²) in [6.07, 6.45) is 1.50. The number of anilines is 1. The van der Waals surface area contributed by atoms with Crippen LogP contribution in [0.4, 0.5) is 5.69 Å². The predicted molar refractivity (Wildman–Crippen MR) is 101 cm³/mol. The second-order valence-electron chi connectivity index (χ2n) is 6.18. The first-order chi connectivity index (χ1) is 12.1. The number of hydrogen-bond donors (Lipinski definition) is 1. The quantitative estimate of drug-likeness (QED) is 0.784. The van der Waals surface area contributed by atoms with Crippen LogP contribution in [0.25, 0.3) is 0 Å². The molecule has 0 unspecified atom stereocenters. The van der Waals surface area contributed by atoms with Crippen molar-refractivity contribution in [2.45, 2.75) is 12.8 Å². The van der Waals surface area contributed by atoms with Crippen molar-refractivity contribution in [1.29, 1.82) is 0 Å². The van der Waals surface area contributed by atoms with Crippen LogP contribution >= 0.6 is 0 Å². The molecule has 0 saturated carbocycles. The van der Waals surface area contributed by atoms with E-state index < -0.39 is 10.0 Å². The van der Waals surface area contributed by atoms with Gasteiger partial charge in [-0.05, 0) is 42.2 Å². The third-order valence-corrected chi connectivity index (χ3v) is 5.87. The first-order valence-electron chi connectivity index (χ1n) is 8.50. The summed E-state index contributed by atoms with van der Waals surface area (Å²) in [6, 6.07) is 15.8. The first kappa shape index (κ1) is 17.8. The van der Waals surface area contributed by atoms with Gasteiger partial charge in [0.05, 0.1) is 12.9 Å². The zero-order valence-electron chi connectivity index (χ0n) is 14.4. The number of fused-ring (bicyclic) bond motifs is 1. The average Bonchev–Trinajstić information content (AvgIpc) is 3.03. The Bertz CT molecular complexity index is 821. The largest absolute Gasteiger partial charge is 0.497 e. The van der Waals surface area contributed by atoms with E-state index in [1.165, 1.54) is 11.3 Å². The predicted octanol–water partition coefficient (Wildman–Crippen LogP) is 2.22. The van der Waals surface area contributed by atoms with E-state index in [9.17, 15) is 8.42 Å². The fourth-order valence-corrected chi connectivity index (χ4v) is 4.18. The molecule has 0 saturated heterocycles. The van der Waals surface area contributed by atoms with Crippen LogP contribution in [-0.2, 0) is 22.9 Å². The van der Waals surface area contributed by atoms with Gasteiger partial charge in [-0.1, -0.05) is 30.3 Å². The molecule has 134 valence electrons. The fraction of sp³-hybridized carbons (Fsp3) is 0.368. The van der Waals surface area contributed by atoms with Crippen LogP contribution in [0.3, 0.4) is 0 Å². The lowest BCUT2D eigenvalue weighted by molar-refractivity contribution is 0.414. The van der Waals surface area contributed by atoms with Crippen LogP contribution in [-0.4, -0.2) is 40.9 Å². The highest BCUT2D eigenvalue weighted by molar-refractivity contribution is 7.89. The van der Waals surface area contributed by atoms with Crippen molar-refractivity contribution in [2.75, 3.05) is 37.4 Å². The highest BCUT2D eigenvalue weighted by atomic mass is 32.2. The summed E-state index contributed by atoms with van der Waals surface area (Å²) in [5.74, 6) is 0.826. The van der Waals surface area contributed by atoms with Gasteiger partial charge in [-0.25, -0.2) is 13.1 Å². The van der Waals surface area contributed by atoms with Crippen LogP contribution in [0.2, 0.25) is 0 Å². The Balaban J connectivity index is 1.47. The summed E-state index contributed by atoms with van der Waals surface area (Å²) >= 11 is 0. The zero-order chi connectivity index (χ0) is 17.7. The average molecular weight is 360 g/mol. The number of methoxy groups -OCH3 is 1. The van der Waals surface area contributed by atoms with E-state index in [2.05, 4.69) is 21.8 Å². The molecule has 2 aromatic carbocycles. The van der Waals surface area contributed by atoms with Gasteiger partial charge in [0.25, 0.3) is 0 Å². The molecule has 0 spiro atoms. The third-order valence-electron chi connectivity index (χ3n) is 4.48. The van der Waals surface area contributed by atoms with Gasteiger partial charge in [0.2, 0.25) is 10.0 Å². The molecule has 5 nitrogen and oxygen atoms in total. The number of rotatable bonds is 8. The van der Waals surface area contributed by atoms with Crippen LogP contribution in [0.5, 0.6) is 5.75 Å². The van der Waals surface area contributed by atoms with Crippen LogP contribution in [0.15, 0.2) is 48.5 Å². The second kappa shape index (κ2) is 7.89. The molecule has 0 amide bonds. The van der Waals surface area contributed by atoms with E-state index >= 15 is 0 Å². The Labute approximate surface area is 149 Å². The molecule has 25 heavy (non-hydrogen) atoms. The SMILES string of the molecule is COc1cccc(CCS(=O)(=O)NCCN2CCc3ccccc32)c1. The third kappa shape index (κ3) is 4.74. The second-order valence-corrected chi connectivity index (χ2v) is 8.11. The lowest BCUT2D eigenvalue weighted by Gasteiger charge is -2.19. The number of nitrogens with zero attached hydrogens (tertiary/aromatic N) is 1. The fourth-order valence-electron chi connectivity index (χ4n) is 3.13. The van der Waals surface area contributed by atoms with Gasteiger partial charge in [0.1, 0.15) is 5.75 Å². The number of aryl methyl sites for hydroxylation is 1. The van der Waals surface area contributed by atoms with Gasteiger partial charge in [0.15, 0.2) is 0 Å². The molecule has 0 radical (unpaired) electrons. The summed E-state index contributed by atoms with van der Waals surface area (Å²) < 4.78 is 32.3. The van der Waals surface area contributed by atoms with E-state index in [-0.39, 0.29) is 5.75 Å². The molecule has 1 N–H and O–H groups in total. The number of nitrogens with one attached hydrogen (secondary N) is 1. The van der Waals surface area contributed by atoms with Gasteiger partial charge in [-0.15, -0.1) is 0 Å². The topological polar surface area (TPSA) is 58.6 Å². The van der Waals surface area contributed by atoms with E-state index in [0.29, 0.717) is 19.5 Å². The number of para-hydroxylation sites is 1. The zero-order valence-corrected chi connectivity index (χ0v) is 15.3. The van der Waals surface area contributed by atoms with Crippen molar-refractivity contribution < 1.29 is 13.2 Å². The molecule has 1 heterocycles. The maximum absolute atomic E-state index is 12.2. The Morgan fingerprint density at radius 2 is 2.00 bits per heavy atom. The molecule has 0 atom stereocenters. The van der Waals surface area contributed by atoms with Crippen molar-refractivity contribution in [2.24, 2.45) is 0 Å². The Hall–Kier alpha value is -2.05. The van der Waals surface area contributed by atoms with Crippen molar-refractivity contribution in [1.82, 2.24) is 4.72 Å². The monoisotopic (exact) mass is 360 g/mol. The van der Waals surface area contributed by atoms with E-state index in [0.717, 1.165) is 24.3 Å². The summed E-state index contributed by atoms with van der Waals surface area (Å²) in [6.45, 7) is 2.06. The number of ether oxygens (including phenoxy) is 1. The molecular weight excluding hydrogens is 336 g/mol. The summed E-state index contributed by atoms with van der Waals surface area (Å²) in [5, 5.41) is 0. The molecule has 3 rings (SSSR count). The standard InChI is InChI=1S/C19H24N2O3S/c1-24-18-7-4-5-16(15-18)10-14-25(22,23)20-11-13-21-12-9-17-6-2-3-8-19(17)21/h2-8,15,20H,9-14H2,1H3. The molecule has 6 heteroatoms. The minimum Gasteiger partial charge on any atom is -0.497 e. The normalized spacial score (nSPS) is 13.7. The number of sulfonamides is 1. The van der Waals surface area contributed by atoms with Crippen molar-refractivity contribution >= 4 is 15.7 Å². The highest BCUT2D eigenvalue weighted by Gasteiger charge is 2.18. The first-order valence-corrected chi connectivity index (χ1v) is 10.2. The lowest BCUT2D eigenvalue weighted by atomic mass is 10.2. The molecule has 0 fully saturated rings. The Morgan fingerprint density at radius 3 is 2.84 bits per heavy atom. The van der Waals surface area contributed by atoms with E-state index in [1.807, 2.05) is 36.4 Å². The van der Waals surface area contributed by atoms with Crippen molar-refractivity contribution in [3.8, 4) is 5.75 Å². The van der Waals surface area contributed by atoms with Crippen LogP contribution in [0.1, 0.15) is 11.1 Å². The Kier molecular flexibility index (Phi) is 5.60. The van der Waals surface area contributed by atoms with Gasteiger partial charge in [0, 0.05) is 25.3 Å². The molecule has 2 aromatic rings. The van der Waals surface area contributed by atoms with Crippen LogP contribution < -0.4 is 14.4 Å². The molecular formula is C19H24N2O3S. The summed E-state index contributed by atoms with van der Waals surface area (Å²) in [7, 11) is -1.68. The summed E-state index contributed by atoms with van der Waals surface area (Å²) in [5.41, 5.74) is 3.51. The van der Waals surface area contributed by atoms with Gasteiger partial charge in [-0.3, -0.25) is 0 Å². The minimum absolute atomic E-state index is 0.0801. The molecule has 1 aliphatic rings. The molecule has 1 aliphatic heterocycles. The van der Waals surface area contributed by atoms with Gasteiger partial charge >= 0.3 is 0 Å². The van der Waals surface area contributed by atoms with E-state index in [4.69, 9.17) is 4.74 Å². The minimum atomic E-state index is -3.29. The molecule has 0 aliphatic carbocycles. The van der Waals surface area contributed by atoms with E-state index in [1.54, 1.807) is 7.11 Å². The van der Waals surface area contributed by atoms with Gasteiger partial charge in [-0.2, -0.15) is 0 Å². The van der Waals surface area contributed by atoms with Crippen molar-refractivity contribution in [3.63, 3.8) is 0 Å². The van der Waals surface area contributed by atoms with Crippen molar-refractivity contribution in [3.05, 3.63) is 59.7 Å². The molecule has 0 bridgehead atoms. The highest BCUT2D eigenvalue weighted by Crippen LogP contribution is 2.26. The lowest BCUT2D eigenvalue weighted by Crippen LogP contribution is -2.35. The van der Waals surface area contributed by atoms with Gasteiger partial charge < -0.3 is 9.64 Å². The molecule has 0 aromatic heterocycles. The number of hydrogen-bond acceptors (Lipinski definition) is 4. The maximum Gasteiger partial charge on any atom is 0.211 e. The summed E-state index contributed by atoms with van der Waals surface area (Å²) in [4.78, 5) is 2.24. The maximum atomic E-state index is 12.2. The smallest absolute Gasteiger partial charge is 0.211 e. The van der Waals surface area contributed by atoms with Crippen LogP contribution in [0, 0.1) is 0 Å². The Morgan fingerprint density at radius 1 is 1.16 bits per heavy atom. The number of benzene rings is 2.